The van der Waals surface area contributed by atoms with Gasteiger partial charge in [0.1, 0.15) is 11.5 Å². The molecule has 4 atom stereocenters. The molecule has 11 nitrogen and oxygen atoms in total. The third kappa shape index (κ3) is 9.85. The summed E-state index contributed by atoms with van der Waals surface area (Å²) in [6.45, 7) is 6.59. The molecule has 4 rings (SSSR count). The van der Waals surface area contributed by atoms with Crippen LogP contribution >= 0.6 is 0 Å². The van der Waals surface area contributed by atoms with Crippen LogP contribution in [-0.2, 0) is 19.6 Å². The van der Waals surface area contributed by atoms with Crippen molar-refractivity contribution < 1.29 is 37.3 Å². The van der Waals surface area contributed by atoms with E-state index in [9.17, 15) is 23.1 Å². The average molecular weight is 688 g/mol. The normalized spacial score (nSPS) is 22.5. The van der Waals surface area contributed by atoms with Gasteiger partial charge in [-0.05, 0) is 88.4 Å². The highest BCUT2D eigenvalue weighted by molar-refractivity contribution is 7.92. The number of rotatable bonds is 9. The summed E-state index contributed by atoms with van der Waals surface area (Å²) in [7, 11) is -0.642. The monoisotopic (exact) mass is 687 g/mol. The van der Waals surface area contributed by atoms with Gasteiger partial charge in [-0.25, -0.2) is 8.42 Å². The Morgan fingerprint density at radius 3 is 2.42 bits per heavy atom. The Morgan fingerprint density at radius 2 is 1.75 bits per heavy atom. The molecule has 266 valence electrons. The van der Waals surface area contributed by atoms with Crippen molar-refractivity contribution in [3.05, 3.63) is 48.0 Å². The van der Waals surface area contributed by atoms with E-state index in [1.807, 2.05) is 20.9 Å². The molecule has 12 heteroatoms. The van der Waals surface area contributed by atoms with Gasteiger partial charge in [-0.1, -0.05) is 26.2 Å². The maximum Gasteiger partial charge on any atom is 0.261 e. The van der Waals surface area contributed by atoms with Crippen molar-refractivity contribution in [2.45, 2.75) is 95.3 Å². The number of carbonyl (C=O) groups is 2. The number of nitrogens with zero attached hydrogens (tertiary/aromatic N) is 2. The van der Waals surface area contributed by atoms with E-state index in [-0.39, 0.29) is 59.2 Å². The molecule has 0 saturated heterocycles. The number of aliphatic hydroxyl groups is 1. The number of ether oxygens (including phenoxy) is 3. The van der Waals surface area contributed by atoms with Crippen LogP contribution in [0.25, 0.3) is 0 Å². The Bertz CT molecular complexity index is 1460. The Morgan fingerprint density at radius 1 is 1.06 bits per heavy atom. The van der Waals surface area contributed by atoms with Gasteiger partial charge in [0.2, 0.25) is 5.91 Å². The van der Waals surface area contributed by atoms with Gasteiger partial charge >= 0.3 is 0 Å². The Balaban J connectivity index is 1.63. The third-order valence-corrected chi connectivity index (χ3v) is 10.9. The zero-order chi connectivity index (χ0) is 34.8. The summed E-state index contributed by atoms with van der Waals surface area (Å²) < 4.78 is 46.9. The van der Waals surface area contributed by atoms with Gasteiger partial charge in [0.15, 0.2) is 0 Å². The molecule has 2 aromatic carbocycles. The van der Waals surface area contributed by atoms with Crippen LogP contribution in [-0.4, -0.2) is 93.8 Å². The van der Waals surface area contributed by atoms with E-state index in [1.165, 1.54) is 31.7 Å². The summed E-state index contributed by atoms with van der Waals surface area (Å²) in [6, 6.07) is 10.1. The van der Waals surface area contributed by atoms with Crippen molar-refractivity contribution in [2.24, 2.45) is 11.8 Å². The lowest BCUT2D eigenvalue weighted by Crippen LogP contribution is -2.48. The summed E-state index contributed by atoms with van der Waals surface area (Å²) in [5, 5.41) is 10.2. The number of fused-ring (bicyclic) bond motifs is 1. The van der Waals surface area contributed by atoms with Crippen LogP contribution in [0.1, 0.15) is 82.5 Å². The largest absolute Gasteiger partial charge is 0.497 e. The van der Waals surface area contributed by atoms with Gasteiger partial charge in [0.25, 0.3) is 15.9 Å². The quantitative estimate of drug-likeness (QED) is 0.362. The van der Waals surface area contributed by atoms with Gasteiger partial charge in [-0.15, -0.1) is 0 Å². The molecule has 2 aliphatic rings. The lowest BCUT2D eigenvalue weighted by molar-refractivity contribution is -0.137. The lowest BCUT2D eigenvalue weighted by Gasteiger charge is -2.36. The Labute approximate surface area is 286 Å². The molecule has 2 aromatic rings. The molecule has 1 saturated carbocycles. The van der Waals surface area contributed by atoms with E-state index in [1.54, 1.807) is 41.0 Å². The Kier molecular flexibility index (Phi) is 13.5. The van der Waals surface area contributed by atoms with Crippen LogP contribution in [0.5, 0.6) is 11.5 Å². The van der Waals surface area contributed by atoms with Crippen molar-refractivity contribution in [3.63, 3.8) is 0 Å². The molecule has 2 amide bonds. The number of hydrogen-bond donors (Lipinski definition) is 2. The van der Waals surface area contributed by atoms with Crippen molar-refractivity contribution in [1.82, 2.24) is 9.80 Å². The van der Waals surface area contributed by atoms with E-state index in [4.69, 9.17) is 14.2 Å². The second kappa shape index (κ2) is 17.3. The number of nitrogens with one attached hydrogen (secondary N) is 1. The first-order valence-electron chi connectivity index (χ1n) is 17.2. The smallest absolute Gasteiger partial charge is 0.261 e. The zero-order valence-corrected chi connectivity index (χ0v) is 29.8. The van der Waals surface area contributed by atoms with Gasteiger partial charge in [0.05, 0.1) is 42.4 Å². The van der Waals surface area contributed by atoms with Crippen molar-refractivity contribution in [3.8, 4) is 11.5 Å². The minimum atomic E-state index is -3.98. The second-order valence-corrected chi connectivity index (χ2v) is 15.0. The van der Waals surface area contributed by atoms with Crippen molar-refractivity contribution >= 4 is 27.5 Å². The minimum Gasteiger partial charge on any atom is -0.497 e. The van der Waals surface area contributed by atoms with Gasteiger partial charge in [-0.2, -0.15) is 0 Å². The number of sulfonamides is 1. The van der Waals surface area contributed by atoms with E-state index < -0.39 is 22.0 Å². The van der Waals surface area contributed by atoms with Crippen LogP contribution in [0, 0.1) is 11.8 Å². The van der Waals surface area contributed by atoms with Crippen LogP contribution < -0.4 is 14.2 Å². The molecule has 0 aromatic heterocycles. The number of hydrogen-bond acceptors (Lipinski definition) is 8. The SMILES string of the molecule is COc1ccc(S(=O)(=O)Nc2ccc3c(c2)C(=O)N([C@@H](C)CO)C[C@@H](C)[C@H](CN(C)C(=O)C2CCCCC2)OCCCC[C@H](C)O3)cc1. The predicted molar refractivity (Wildman–Crippen MR) is 185 cm³/mol. The van der Waals surface area contributed by atoms with Crippen molar-refractivity contribution in [2.75, 3.05) is 45.2 Å². The van der Waals surface area contributed by atoms with E-state index >= 15 is 0 Å². The fourth-order valence-corrected chi connectivity index (χ4v) is 7.49. The summed E-state index contributed by atoms with van der Waals surface area (Å²) >= 11 is 0. The number of methoxy groups -OCH3 is 1. The summed E-state index contributed by atoms with van der Waals surface area (Å²) in [5.74, 6) is 0.460. The van der Waals surface area contributed by atoms with E-state index in [0.29, 0.717) is 24.7 Å². The molecule has 0 bridgehead atoms. The molecule has 1 fully saturated rings. The first-order chi connectivity index (χ1) is 22.9. The number of benzene rings is 2. The fourth-order valence-electron chi connectivity index (χ4n) is 6.44. The zero-order valence-electron chi connectivity index (χ0n) is 29.0. The van der Waals surface area contributed by atoms with E-state index in [0.717, 1.165) is 44.9 Å². The number of anilines is 1. The highest BCUT2D eigenvalue weighted by atomic mass is 32.2. The van der Waals surface area contributed by atoms with Crippen LogP contribution in [0.15, 0.2) is 47.4 Å². The maximum absolute atomic E-state index is 14.4. The Hall–Kier alpha value is -3.35. The van der Waals surface area contributed by atoms with E-state index in [2.05, 4.69) is 4.72 Å². The fraction of sp³-hybridized carbons (Fsp3) is 0.611. The molecular weight excluding hydrogens is 634 g/mol. The van der Waals surface area contributed by atoms with Gasteiger partial charge < -0.3 is 29.1 Å². The molecule has 0 spiro atoms. The first kappa shape index (κ1) is 37.5. The standard InChI is InChI=1S/C36H53N3O8S/c1-25-22-39(26(2)24-40)36(42)32-21-29(37-48(43,44)31-17-15-30(45-5)16-18-31)14-19-33(32)47-27(3)11-9-10-20-46-34(25)23-38(4)35(41)28-12-7-6-8-13-28/h14-19,21,25-28,34,37,40H,6-13,20,22-24H2,1-5H3/t25-,26+,27+,34+/m1/s1. The van der Waals surface area contributed by atoms with Crippen LogP contribution in [0.4, 0.5) is 5.69 Å². The molecule has 0 unspecified atom stereocenters. The summed E-state index contributed by atoms with van der Waals surface area (Å²) in [4.78, 5) is 31.2. The number of carbonyl (C=O) groups excluding carboxylic acids is 2. The topological polar surface area (TPSA) is 135 Å². The first-order valence-corrected chi connectivity index (χ1v) is 18.7. The second-order valence-electron chi connectivity index (χ2n) is 13.3. The highest BCUT2D eigenvalue weighted by Crippen LogP contribution is 2.30. The van der Waals surface area contributed by atoms with Crippen LogP contribution in [0.2, 0.25) is 0 Å². The lowest BCUT2D eigenvalue weighted by atomic mass is 9.88. The van der Waals surface area contributed by atoms with Crippen LogP contribution in [0.3, 0.4) is 0 Å². The minimum absolute atomic E-state index is 0.0411. The summed E-state index contributed by atoms with van der Waals surface area (Å²) in [6.07, 6.45) is 6.97. The molecule has 1 heterocycles. The van der Waals surface area contributed by atoms with Gasteiger partial charge in [0, 0.05) is 44.3 Å². The highest BCUT2D eigenvalue weighted by Gasteiger charge is 2.32. The van der Waals surface area contributed by atoms with Gasteiger partial charge in [-0.3, -0.25) is 14.3 Å². The summed E-state index contributed by atoms with van der Waals surface area (Å²) in [5.41, 5.74) is 0.382. The number of aliphatic hydroxyl groups excluding tert-OH is 1. The molecule has 48 heavy (non-hydrogen) atoms. The molecule has 0 radical (unpaired) electrons. The molecule has 2 N–H and O–H groups in total. The number of amides is 2. The third-order valence-electron chi connectivity index (χ3n) is 9.46. The van der Waals surface area contributed by atoms with Crippen molar-refractivity contribution in [1.29, 1.82) is 0 Å². The number of likely N-dealkylation sites (N-methyl/N-ethyl adjacent to an activating group) is 1. The molecular formula is C36H53N3O8S. The molecule has 1 aliphatic carbocycles. The predicted octanol–water partition coefficient (Wildman–Crippen LogP) is 5.33. The molecule has 1 aliphatic heterocycles. The average Bonchev–Trinajstić information content (AvgIpc) is 3.09. The maximum atomic E-state index is 14.4.